The first-order chi connectivity index (χ1) is 23.6. The Hall–Kier alpha value is -5.45. The highest BCUT2D eigenvalue weighted by Crippen LogP contribution is 2.36. The van der Waals surface area contributed by atoms with E-state index in [0.717, 1.165) is 22.3 Å². The molecular weight excluding hydrogens is 665 g/mol. The molecule has 0 saturated heterocycles. The van der Waals surface area contributed by atoms with E-state index in [-0.39, 0.29) is 24.1 Å². The molecule has 10 nitrogen and oxygen atoms in total. The predicted molar refractivity (Wildman–Crippen MR) is 191 cm³/mol. The van der Waals surface area contributed by atoms with Gasteiger partial charge >= 0.3 is 0 Å². The molecule has 0 unspecified atom stereocenters. The molecule has 5 aromatic rings. The standard InChI is InChI=1S/C37H33Cl2N5O5/c1-23-19-32(48-21-26-7-4-5-18-41-26)27-8-6-9-31(36(27)43-23)49-22-28-29(38)15-16-30(35(28)39)44(3)34(46)20-42-33(45)17-12-24-10-13-25(14-11-24)37(47)40-2/h4-19H,20-22H2,1-3H3,(H,40,47)(H,42,45)/b17-12+. The lowest BCUT2D eigenvalue weighted by atomic mass is 10.1. The molecule has 12 heteroatoms. The number of hydrogen-bond donors (Lipinski definition) is 2. The average molecular weight is 699 g/mol. The van der Waals surface area contributed by atoms with Gasteiger partial charge in [0, 0.05) is 59.7 Å². The van der Waals surface area contributed by atoms with Crippen molar-refractivity contribution in [2.75, 3.05) is 25.5 Å². The van der Waals surface area contributed by atoms with Gasteiger partial charge in [0.25, 0.3) is 5.91 Å². The number of aromatic nitrogens is 2. The third kappa shape index (κ3) is 8.72. The van der Waals surface area contributed by atoms with Crippen molar-refractivity contribution in [1.82, 2.24) is 20.6 Å². The number of fused-ring (bicyclic) bond motifs is 1. The summed E-state index contributed by atoms with van der Waals surface area (Å²) in [6.45, 7) is 1.90. The van der Waals surface area contributed by atoms with E-state index in [1.54, 1.807) is 68.8 Å². The van der Waals surface area contributed by atoms with Crippen LogP contribution in [0.1, 0.15) is 32.9 Å². The molecule has 0 bridgehead atoms. The van der Waals surface area contributed by atoms with Crippen LogP contribution >= 0.6 is 23.2 Å². The molecule has 0 atom stereocenters. The van der Waals surface area contributed by atoms with Gasteiger partial charge in [-0.15, -0.1) is 0 Å². The third-order valence-electron chi connectivity index (χ3n) is 7.51. The number of rotatable bonds is 12. The topological polar surface area (TPSA) is 123 Å². The summed E-state index contributed by atoms with van der Waals surface area (Å²) in [4.78, 5) is 47.5. The monoisotopic (exact) mass is 697 g/mol. The number of likely N-dealkylation sites (N-methyl/N-ethyl adjacent to an activating group) is 1. The summed E-state index contributed by atoms with van der Waals surface area (Å²) < 4.78 is 12.3. The summed E-state index contributed by atoms with van der Waals surface area (Å²) in [5.41, 5.74) is 4.26. The molecule has 0 fully saturated rings. The van der Waals surface area contributed by atoms with Crippen molar-refractivity contribution in [2.24, 2.45) is 0 Å². The van der Waals surface area contributed by atoms with E-state index in [2.05, 4.69) is 15.6 Å². The maximum Gasteiger partial charge on any atom is 0.251 e. The SMILES string of the molecule is CNC(=O)c1ccc(/C=C/C(=O)NCC(=O)N(C)c2ccc(Cl)c(COc3cccc4c(OCc5ccccn5)cc(C)nc34)c2Cl)cc1. The molecule has 2 heterocycles. The molecular formula is C37H33Cl2N5O5. The van der Waals surface area contributed by atoms with E-state index in [1.165, 1.54) is 11.0 Å². The van der Waals surface area contributed by atoms with E-state index >= 15 is 0 Å². The Morgan fingerprint density at radius 2 is 1.69 bits per heavy atom. The zero-order valence-corrected chi connectivity index (χ0v) is 28.5. The zero-order valence-electron chi connectivity index (χ0n) is 27.0. The molecule has 2 aromatic heterocycles. The minimum absolute atomic E-state index is 0.00196. The van der Waals surface area contributed by atoms with Crippen LogP contribution in [0.25, 0.3) is 17.0 Å². The number of carbonyl (C=O) groups excluding carboxylic acids is 3. The number of benzene rings is 3. The summed E-state index contributed by atoms with van der Waals surface area (Å²) in [5, 5.41) is 6.50. The highest BCUT2D eigenvalue weighted by molar-refractivity contribution is 6.38. The Kier molecular flexibility index (Phi) is 11.5. The molecule has 0 aliphatic carbocycles. The molecule has 2 N–H and O–H groups in total. The van der Waals surface area contributed by atoms with Crippen molar-refractivity contribution in [3.05, 3.63) is 129 Å². The first-order valence-electron chi connectivity index (χ1n) is 15.2. The van der Waals surface area contributed by atoms with Gasteiger partial charge in [-0.25, -0.2) is 4.98 Å². The Bertz CT molecular complexity index is 2020. The normalized spacial score (nSPS) is 11.0. The fraction of sp³-hybridized carbons (Fsp3) is 0.162. The number of anilines is 1. The van der Waals surface area contributed by atoms with Gasteiger partial charge in [0.2, 0.25) is 11.8 Å². The highest BCUT2D eigenvalue weighted by Gasteiger charge is 2.20. The second-order valence-electron chi connectivity index (χ2n) is 10.9. The Labute approximate surface area is 293 Å². The Balaban J connectivity index is 1.24. The number of hydrogen-bond acceptors (Lipinski definition) is 7. The molecule has 0 spiro atoms. The largest absolute Gasteiger partial charge is 0.487 e. The summed E-state index contributed by atoms with van der Waals surface area (Å²) in [6.07, 6.45) is 4.62. The number of para-hydroxylation sites is 1. The second kappa shape index (κ2) is 16.1. The summed E-state index contributed by atoms with van der Waals surface area (Å²) in [7, 11) is 3.11. The molecule has 3 aromatic carbocycles. The third-order valence-corrected chi connectivity index (χ3v) is 8.28. The number of nitrogens with zero attached hydrogens (tertiary/aromatic N) is 3. The number of amides is 3. The van der Waals surface area contributed by atoms with Gasteiger partial charge in [-0.3, -0.25) is 19.4 Å². The second-order valence-corrected chi connectivity index (χ2v) is 11.7. The number of nitrogens with one attached hydrogen (secondary N) is 2. The van der Waals surface area contributed by atoms with E-state index in [1.807, 2.05) is 43.3 Å². The quantitative estimate of drug-likeness (QED) is 0.142. The van der Waals surface area contributed by atoms with Gasteiger partial charge < -0.3 is 25.0 Å². The van der Waals surface area contributed by atoms with Gasteiger partial charge in [0.15, 0.2) is 0 Å². The summed E-state index contributed by atoms with van der Waals surface area (Å²) >= 11 is 13.3. The van der Waals surface area contributed by atoms with Crippen molar-refractivity contribution < 1.29 is 23.9 Å². The van der Waals surface area contributed by atoms with Crippen LogP contribution in [0.3, 0.4) is 0 Å². The summed E-state index contributed by atoms with van der Waals surface area (Å²) in [5.74, 6) is 0.0865. The fourth-order valence-corrected chi connectivity index (χ4v) is 5.45. The van der Waals surface area contributed by atoms with Gasteiger partial charge in [0.1, 0.15) is 30.2 Å². The van der Waals surface area contributed by atoms with Crippen LogP contribution < -0.4 is 25.0 Å². The van der Waals surface area contributed by atoms with E-state index in [4.69, 9.17) is 37.7 Å². The molecule has 0 aliphatic rings. The van der Waals surface area contributed by atoms with Crippen LogP contribution in [0.2, 0.25) is 10.0 Å². The van der Waals surface area contributed by atoms with Crippen molar-refractivity contribution in [2.45, 2.75) is 20.1 Å². The molecule has 49 heavy (non-hydrogen) atoms. The van der Waals surface area contributed by atoms with Gasteiger partial charge in [-0.05, 0) is 67.1 Å². The number of carbonyl (C=O) groups is 3. The number of pyridine rings is 2. The van der Waals surface area contributed by atoms with Crippen molar-refractivity contribution in [3.63, 3.8) is 0 Å². The predicted octanol–water partition coefficient (Wildman–Crippen LogP) is 6.56. The van der Waals surface area contributed by atoms with Gasteiger partial charge in [0.05, 0.1) is 22.9 Å². The Morgan fingerprint density at radius 3 is 2.43 bits per heavy atom. The molecule has 0 radical (unpaired) electrons. The van der Waals surface area contributed by atoms with Crippen LogP contribution in [-0.4, -0.2) is 48.3 Å². The molecule has 0 saturated carbocycles. The molecule has 3 amide bonds. The lowest BCUT2D eigenvalue weighted by molar-refractivity contribution is -0.122. The summed E-state index contributed by atoms with van der Waals surface area (Å²) in [6, 6.07) is 23.1. The minimum atomic E-state index is -0.461. The zero-order chi connectivity index (χ0) is 34.9. The fourth-order valence-electron chi connectivity index (χ4n) is 4.85. The van der Waals surface area contributed by atoms with Gasteiger partial charge in [-0.2, -0.15) is 0 Å². The lowest BCUT2D eigenvalue weighted by Crippen LogP contribution is -2.37. The first-order valence-corrected chi connectivity index (χ1v) is 16.0. The molecule has 5 rings (SSSR count). The van der Waals surface area contributed by atoms with Crippen molar-refractivity contribution >= 4 is 63.6 Å². The minimum Gasteiger partial charge on any atom is -0.487 e. The van der Waals surface area contributed by atoms with Crippen LogP contribution in [0, 0.1) is 6.92 Å². The van der Waals surface area contributed by atoms with E-state index in [0.29, 0.717) is 45.5 Å². The number of aryl methyl sites for hydroxylation is 1. The maximum absolute atomic E-state index is 13.0. The lowest BCUT2D eigenvalue weighted by Gasteiger charge is -2.21. The molecule has 0 aliphatic heterocycles. The van der Waals surface area contributed by atoms with Crippen LogP contribution in [0.4, 0.5) is 5.69 Å². The molecule has 250 valence electrons. The van der Waals surface area contributed by atoms with E-state index in [9.17, 15) is 14.4 Å². The average Bonchev–Trinajstić information content (AvgIpc) is 3.12. The smallest absolute Gasteiger partial charge is 0.251 e. The van der Waals surface area contributed by atoms with E-state index < -0.39 is 11.8 Å². The van der Waals surface area contributed by atoms with Crippen LogP contribution in [-0.2, 0) is 22.8 Å². The number of ether oxygens (including phenoxy) is 2. The first kappa shape index (κ1) is 34.9. The maximum atomic E-state index is 13.0. The van der Waals surface area contributed by atoms with Crippen LogP contribution in [0.15, 0.2) is 91.1 Å². The van der Waals surface area contributed by atoms with Crippen molar-refractivity contribution in [3.8, 4) is 11.5 Å². The highest BCUT2D eigenvalue weighted by atomic mass is 35.5. The number of halogens is 2. The Morgan fingerprint density at radius 1 is 0.918 bits per heavy atom. The van der Waals surface area contributed by atoms with Crippen LogP contribution in [0.5, 0.6) is 11.5 Å². The van der Waals surface area contributed by atoms with Gasteiger partial charge in [-0.1, -0.05) is 47.5 Å². The van der Waals surface area contributed by atoms with Crippen molar-refractivity contribution in [1.29, 1.82) is 0 Å².